The molecule has 0 bridgehead atoms. The number of nitrogens with zero attached hydrogens (tertiary/aromatic N) is 3. The van der Waals surface area contributed by atoms with Gasteiger partial charge in [-0.25, -0.2) is 9.78 Å². The van der Waals surface area contributed by atoms with Crippen molar-refractivity contribution in [2.45, 2.75) is 19.3 Å². The quantitative estimate of drug-likeness (QED) is 0.756. The second-order valence-corrected chi connectivity index (χ2v) is 6.54. The lowest BCUT2D eigenvalue weighted by Crippen LogP contribution is -2.39. The second-order valence-electron chi connectivity index (χ2n) is 6.54. The molecule has 28 heavy (non-hydrogen) atoms. The number of hydrogen-bond donors (Lipinski definition) is 1. The van der Waals surface area contributed by atoms with E-state index >= 15 is 0 Å². The maximum atomic E-state index is 12.6. The Balaban J connectivity index is 1.54. The second kappa shape index (κ2) is 8.04. The molecule has 0 fully saturated rings. The van der Waals surface area contributed by atoms with Crippen LogP contribution in [0.1, 0.15) is 17.5 Å². The van der Waals surface area contributed by atoms with Crippen LogP contribution in [-0.2, 0) is 17.6 Å². The minimum absolute atomic E-state index is 0.243. The summed E-state index contributed by atoms with van der Waals surface area (Å²) in [5.74, 6) is 0.702. The smallest absolute Gasteiger partial charge is 0.415 e. The molecule has 0 radical (unpaired) electrons. The number of aromatic nitrogens is 3. The number of H-pyrrole nitrogens is 1. The van der Waals surface area contributed by atoms with Gasteiger partial charge >= 0.3 is 6.09 Å². The van der Waals surface area contributed by atoms with Crippen LogP contribution >= 0.6 is 0 Å². The van der Waals surface area contributed by atoms with Gasteiger partial charge in [-0.3, -0.25) is 14.7 Å². The minimum Gasteiger partial charge on any atom is -0.449 e. The summed E-state index contributed by atoms with van der Waals surface area (Å²) in [5.41, 5.74) is 1.91. The maximum Gasteiger partial charge on any atom is 0.415 e. The number of fused-ring (bicyclic) bond motifs is 1. The Bertz CT molecular complexity index is 1020. The number of benzene rings is 1. The van der Waals surface area contributed by atoms with Crippen molar-refractivity contribution >= 4 is 11.9 Å². The minimum atomic E-state index is -0.484. The third kappa shape index (κ3) is 3.78. The topological polar surface area (TPSA) is 88.2 Å². The average Bonchev–Trinajstić information content (AvgIpc) is 2.74. The number of aromatic amines is 1. The van der Waals surface area contributed by atoms with E-state index in [1.54, 1.807) is 18.3 Å². The van der Waals surface area contributed by atoms with Crippen LogP contribution in [-0.4, -0.2) is 34.2 Å². The van der Waals surface area contributed by atoms with E-state index in [0.717, 1.165) is 5.56 Å². The first kappa shape index (κ1) is 17.9. The Morgan fingerprint density at radius 1 is 1.14 bits per heavy atom. The normalized spacial score (nSPS) is 13.1. The standard InChI is InChI=1S/C21H20N4O3/c26-20-16-9-6-13-25(21(27)28-14-11-15-7-2-1-3-8-15)19(16)23-18(24-20)17-10-4-5-12-22-17/h1-5,7-8,10,12H,6,9,11,13-14H2,(H,23,24,26). The fraction of sp³-hybridized carbons (Fsp3) is 0.238. The van der Waals surface area contributed by atoms with Crippen molar-refractivity contribution in [1.82, 2.24) is 15.0 Å². The van der Waals surface area contributed by atoms with Gasteiger partial charge in [0.2, 0.25) is 0 Å². The lowest BCUT2D eigenvalue weighted by molar-refractivity contribution is 0.154. The zero-order valence-corrected chi connectivity index (χ0v) is 15.3. The summed E-state index contributed by atoms with van der Waals surface area (Å²) in [6.45, 7) is 0.736. The Kier molecular flexibility index (Phi) is 5.14. The SMILES string of the molecule is O=C(OCCc1ccccc1)N1CCCc2c1nc(-c1ccccn1)[nH]c2=O. The predicted molar refractivity (Wildman–Crippen MR) is 105 cm³/mol. The molecule has 1 aliphatic heterocycles. The number of carbonyl (C=O) groups excluding carboxylic acids is 1. The van der Waals surface area contributed by atoms with Gasteiger partial charge in [0, 0.05) is 19.2 Å². The molecule has 1 amide bonds. The van der Waals surface area contributed by atoms with Crippen molar-refractivity contribution in [3.05, 3.63) is 76.2 Å². The third-order valence-corrected chi connectivity index (χ3v) is 4.64. The summed E-state index contributed by atoms with van der Waals surface area (Å²) in [7, 11) is 0. The van der Waals surface area contributed by atoms with Gasteiger partial charge in [0.25, 0.3) is 5.56 Å². The number of pyridine rings is 1. The predicted octanol–water partition coefficient (Wildman–Crippen LogP) is 2.96. The first-order chi connectivity index (χ1) is 13.7. The first-order valence-corrected chi connectivity index (χ1v) is 9.25. The van der Waals surface area contributed by atoms with Gasteiger partial charge < -0.3 is 9.72 Å². The molecule has 3 heterocycles. The third-order valence-electron chi connectivity index (χ3n) is 4.64. The zero-order valence-electron chi connectivity index (χ0n) is 15.3. The highest BCUT2D eigenvalue weighted by atomic mass is 16.6. The summed E-state index contributed by atoms with van der Waals surface area (Å²) in [6.07, 6.45) is 3.05. The molecule has 0 saturated carbocycles. The van der Waals surface area contributed by atoms with Crippen molar-refractivity contribution in [2.24, 2.45) is 0 Å². The first-order valence-electron chi connectivity index (χ1n) is 9.25. The summed E-state index contributed by atoms with van der Waals surface area (Å²) < 4.78 is 5.45. The summed E-state index contributed by atoms with van der Waals surface area (Å²) in [5, 5.41) is 0. The van der Waals surface area contributed by atoms with Crippen LogP contribution in [0.4, 0.5) is 10.6 Å². The van der Waals surface area contributed by atoms with E-state index in [2.05, 4.69) is 15.0 Å². The molecule has 2 aromatic heterocycles. The molecule has 3 aromatic rings. The molecule has 0 unspecified atom stereocenters. The molecule has 1 N–H and O–H groups in total. The van der Waals surface area contributed by atoms with Crippen molar-refractivity contribution in [3.63, 3.8) is 0 Å². The van der Waals surface area contributed by atoms with Gasteiger partial charge in [-0.1, -0.05) is 36.4 Å². The molecule has 142 valence electrons. The number of carbonyl (C=O) groups is 1. The van der Waals surface area contributed by atoms with E-state index in [1.165, 1.54) is 4.90 Å². The lowest BCUT2D eigenvalue weighted by Gasteiger charge is -2.27. The van der Waals surface area contributed by atoms with Crippen molar-refractivity contribution < 1.29 is 9.53 Å². The van der Waals surface area contributed by atoms with E-state index in [4.69, 9.17) is 4.74 Å². The van der Waals surface area contributed by atoms with Gasteiger partial charge in [0.1, 0.15) is 11.5 Å². The Labute approximate surface area is 162 Å². The van der Waals surface area contributed by atoms with E-state index in [1.807, 2.05) is 36.4 Å². The fourth-order valence-corrected chi connectivity index (χ4v) is 3.23. The monoisotopic (exact) mass is 376 g/mol. The Hall–Kier alpha value is -3.48. The molecule has 0 atom stereocenters. The van der Waals surface area contributed by atoms with Crippen LogP contribution in [0.5, 0.6) is 0 Å². The van der Waals surface area contributed by atoms with Crippen LogP contribution < -0.4 is 10.5 Å². The highest BCUT2D eigenvalue weighted by molar-refractivity contribution is 5.88. The van der Waals surface area contributed by atoms with Gasteiger partial charge in [-0.15, -0.1) is 0 Å². The average molecular weight is 376 g/mol. The largest absolute Gasteiger partial charge is 0.449 e. The van der Waals surface area contributed by atoms with E-state index in [9.17, 15) is 9.59 Å². The molecule has 4 rings (SSSR count). The number of nitrogens with one attached hydrogen (secondary N) is 1. The highest BCUT2D eigenvalue weighted by Crippen LogP contribution is 2.24. The van der Waals surface area contributed by atoms with Crippen LogP contribution in [0.2, 0.25) is 0 Å². The van der Waals surface area contributed by atoms with Gasteiger partial charge in [0.15, 0.2) is 5.82 Å². The van der Waals surface area contributed by atoms with E-state index < -0.39 is 6.09 Å². The van der Waals surface area contributed by atoms with E-state index in [-0.39, 0.29) is 12.2 Å². The molecule has 0 spiro atoms. The molecular weight excluding hydrogens is 356 g/mol. The van der Waals surface area contributed by atoms with Crippen molar-refractivity contribution in [1.29, 1.82) is 0 Å². The molecular formula is C21H20N4O3. The molecule has 7 heteroatoms. The van der Waals surface area contributed by atoms with Crippen LogP contribution in [0.3, 0.4) is 0 Å². The van der Waals surface area contributed by atoms with Gasteiger partial charge in [-0.2, -0.15) is 0 Å². The van der Waals surface area contributed by atoms with E-state index in [0.29, 0.717) is 48.7 Å². The van der Waals surface area contributed by atoms with Crippen LogP contribution in [0, 0.1) is 0 Å². The lowest BCUT2D eigenvalue weighted by atomic mass is 10.1. The maximum absolute atomic E-state index is 12.6. The summed E-state index contributed by atoms with van der Waals surface area (Å²) in [6, 6.07) is 15.2. The fourth-order valence-electron chi connectivity index (χ4n) is 3.23. The molecule has 1 aromatic carbocycles. The number of hydrogen-bond acceptors (Lipinski definition) is 5. The zero-order chi connectivity index (χ0) is 19.3. The number of amides is 1. The van der Waals surface area contributed by atoms with Gasteiger partial charge in [0.05, 0.1) is 12.2 Å². The summed E-state index contributed by atoms with van der Waals surface area (Å²) >= 11 is 0. The molecule has 0 saturated heterocycles. The number of anilines is 1. The van der Waals surface area contributed by atoms with Crippen LogP contribution in [0.25, 0.3) is 11.5 Å². The van der Waals surface area contributed by atoms with Crippen molar-refractivity contribution in [3.8, 4) is 11.5 Å². The summed E-state index contributed by atoms with van der Waals surface area (Å²) in [4.78, 5) is 38.1. The van der Waals surface area contributed by atoms with Crippen molar-refractivity contribution in [2.75, 3.05) is 18.1 Å². The molecule has 7 nitrogen and oxygen atoms in total. The van der Waals surface area contributed by atoms with Crippen LogP contribution in [0.15, 0.2) is 59.5 Å². The molecule has 0 aliphatic carbocycles. The number of rotatable bonds is 4. The highest BCUT2D eigenvalue weighted by Gasteiger charge is 2.28. The van der Waals surface area contributed by atoms with Gasteiger partial charge in [-0.05, 0) is 30.5 Å². The Morgan fingerprint density at radius 2 is 1.96 bits per heavy atom. The molecule has 1 aliphatic rings. The Morgan fingerprint density at radius 3 is 2.75 bits per heavy atom. The number of ether oxygens (including phenoxy) is 1.